The molecular formula is C10H18ClNO3. The van der Waals surface area contributed by atoms with Gasteiger partial charge in [-0.1, -0.05) is 0 Å². The summed E-state index contributed by atoms with van der Waals surface area (Å²) in [5.74, 6) is -0.0779. The molecule has 0 saturated carbocycles. The third-order valence-corrected chi connectivity index (χ3v) is 2.49. The average Bonchev–Trinajstić information content (AvgIpc) is 2.59. The summed E-state index contributed by atoms with van der Waals surface area (Å²) in [5.41, 5.74) is 0. The van der Waals surface area contributed by atoms with Gasteiger partial charge >= 0.3 is 0 Å². The monoisotopic (exact) mass is 235 g/mol. The minimum Gasteiger partial charge on any atom is -0.348 e. The van der Waals surface area contributed by atoms with Gasteiger partial charge in [-0.15, -0.1) is 11.6 Å². The Kier molecular flexibility index (Phi) is 4.83. The van der Waals surface area contributed by atoms with Crippen LogP contribution in [0.25, 0.3) is 0 Å². The summed E-state index contributed by atoms with van der Waals surface area (Å²) in [7, 11) is 0. The molecule has 1 rings (SSSR count). The molecule has 1 saturated heterocycles. The first-order chi connectivity index (χ1) is 7.04. The largest absolute Gasteiger partial charge is 0.348 e. The van der Waals surface area contributed by atoms with Gasteiger partial charge in [0.15, 0.2) is 6.29 Å². The second-order valence-corrected chi connectivity index (χ2v) is 4.36. The van der Waals surface area contributed by atoms with Gasteiger partial charge in [0.2, 0.25) is 5.91 Å². The van der Waals surface area contributed by atoms with E-state index < -0.39 is 5.38 Å². The van der Waals surface area contributed by atoms with Gasteiger partial charge in [0.25, 0.3) is 0 Å². The molecule has 88 valence electrons. The lowest BCUT2D eigenvalue weighted by Gasteiger charge is -2.24. The third kappa shape index (κ3) is 3.63. The first-order valence-corrected chi connectivity index (χ1v) is 5.68. The van der Waals surface area contributed by atoms with Gasteiger partial charge in [-0.3, -0.25) is 4.79 Å². The molecule has 4 nitrogen and oxygen atoms in total. The highest BCUT2D eigenvalue weighted by Crippen LogP contribution is 2.13. The Morgan fingerprint density at radius 2 is 2.33 bits per heavy atom. The molecule has 0 aliphatic carbocycles. The van der Waals surface area contributed by atoms with Crippen LogP contribution >= 0.6 is 11.6 Å². The van der Waals surface area contributed by atoms with E-state index in [1.807, 2.05) is 13.8 Å². The van der Waals surface area contributed by atoms with Crippen molar-refractivity contribution in [3.63, 3.8) is 0 Å². The number of carbonyl (C=O) groups is 1. The van der Waals surface area contributed by atoms with Crippen LogP contribution in [-0.2, 0) is 14.3 Å². The van der Waals surface area contributed by atoms with Crippen LogP contribution in [0.3, 0.4) is 0 Å². The summed E-state index contributed by atoms with van der Waals surface area (Å²) >= 11 is 5.74. The smallest absolute Gasteiger partial charge is 0.240 e. The summed E-state index contributed by atoms with van der Waals surface area (Å²) in [6.07, 6.45) is -0.198. The molecule has 1 amide bonds. The fourth-order valence-corrected chi connectivity index (χ4v) is 1.62. The van der Waals surface area contributed by atoms with Crippen LogP contribution in [0.15, 0.2) is 0 Å². The van der Waals surface area contributed by atoms with Gasteiger partial charge in [0, 0.05) is 6.54 Å². The van der Waals surface area contributed by atoms with E-state index in [9.17, 15) is 4.79 Å². The van der Waals surface area contributed by atoms with Crippen LogP contribution in [-0.4, -0.2) is 48.3 Å². The average molecular weight is 236 g/mol. The number of likely N-dealkylation sites (N-methyl/N-ethyl adjacent to an activating group) is 1. The molecule has 1 fully saturated rings. The standard InChI is InChI=1S/C10H18ClNO3/c1-4-12(10(13)8(3)11)5-9-14-6-7(2)15-9/h7-9H,4-6H2,1-3H3. The molecule has 0 aromatic carbocycles. The Morgan fingerprint density at radius 3 is 2.73 bits per heavy atom. The molecule has 1 heterocycles. The second-order valence-electron chi connectivity index (χ2n) is 3.70. The number of rotatable bonds is 4. The molecule has 5 heteroatoms. The van der Waals surface area contributed by atoms with E-state index in [-0.39, 0.29) is 18.3 Å². The Morgan fingerprint density at radius 1 is 1.67 bits per heavy atom. The number of halogens is 1. The number of nitrogens with zero attached hydrogens (tertiary/aromatic N) is 1. The first-order valence-electron chi connectivity index (χ1n) is 5.24. The van der Waals surface area contributed by atoms with Crippen molar-refractivity contribution in [3.8, 4) is 0 Å². The number of hydrogen-bond donors (Lipinski definition) is 0. The molecule has 1 aliphatic heterocycles. The maximum atomic E-state index is 11.6. The van der Waals surface area contributed by atoms with Gasteiger partial charge in [0.05, 0.1) is 19.3 Å². The van der Waals surface area contributed by atoms with E-state index >= 15 is 0 Å². The maximum absolute atomic E-state index is 11.6. The van der Waals surface area contributed by atoms with Crippen molar-refractivity contribution in [3.05, 3.63) is 0 Å². The Hall–Kier alpha value is -0.320. The van der Waals surface area contributed by atoms with Crippen molar-refractivity contribution in [1.82, 2.24) is 4.90 Å². The number of hydrogen-bond acceptors (Lipinski definition) is 3. The molecule has 0 aromatic heterocycles. The van der Waals surface area contributed by atoms with Gasteiger partial charge in [-0.25, -0.2) is 0 Å². The van der Waals surface area contributed by atoms with E-state index in [1.165, 1.54) is 0 Å². The van der Waals surface area contributed by atoms with Crippen LogP contribution < -0.4 is 0 Å². The van der Waals surface area contributed by atoms with E-state index in [2.05, 4.69) is 0 Å². The van der Waals surface area contributed by atoms with E-state index in [4.69, 9.17) is 21.1 Å². The molecule has 3 unspecified atom stereocenters. The summed E-state index contributed by atoms with van der Waals surface area (Å²) in [4.78, 5) is 13.3. The van der Waals surface area contributed by atoms with Crippen molar-refractivity contribution < 1.29 is 14.3 Å². The van der Waals surface area contributed by atoms with Crippen molar-refractivity contribution in [2.45, 2.75) is 38.5 Å². The van der Waals surface area contributed by atoms with Crippen molar-refractivity contribution in [2.75, 3.05) is 19.7 Å². The van der Waals surface area contributed by atoms with Crippen molar-refractivity contribution in [2.24, 2.45) is 0 Å². The van der Waals surface area contributed by atoms with Crippen molar-refractivity contribution >= 4 is 17.5 Å². The Bertz CT molecular complexity index is 223. The highest BCUT2D eigenvalue weighted by atomic mass is 35.5. The predicted molar refractivity (Wildman–Crippen MR) is 57.9 cm³/mol. The molecule has 15 heavy (non-hydrogen) atoms. The summed E-state index contributed by atoms with van der Waals surface area (Å²) in [6.45, 7) is 7.19. The fourth-order valence-electron chi connectivity index (χ4n) is 1.48. The molecular weight excluding hydrogens is 218 g/mol. The molecule has 0 aromatic rings. The third-order valence-electron chi connectivity index (χ3n) is 2.30. The molecule has 0 N–H and O–H groups in total. The van der Waals surface area contributed by atoms with Gasteiger partial charge in [-0.2, -0.15) is 0 Å². The van der Waals surface area contributed by atoms with Gasteiger partial charge in [-0.05, 0) is 20.8 Å². The number of amides is 1. The Balaban J connectivity index is 2.43. The highest BCUT2D eigenvalue weighted by Gasteiger charge is 2.27. The minimum atomic E-state index is -0.497. The van der Waals surface area contributed by atoms with E-state index in [0.29, 0.717) is 19.7 Å². The molecule has 0 radical (unpaired) electrons. The van der Waals surface area contributed by atoms with Crippen LogP contribution in [0.2, 0.25) is 0 Å². The summed E-state index contributed by atoms with van der Waals surface area (Å²) in [5, 5.41) is -0.497. The topological polar surface area (TPSA) is 38.8 Å². The molecule has 0 spiro atoms. The second kappa shape index (κ2) is 5.68. The van der Waals surface area contributed by atoms with Gasteiger partial charge < -0.3 is 14.4 Å². The van der Waals surface area contributed by atoms with Crippen LogP contribution in [0.4, 0.5) is 0 Å². The number of alkyl halides is 1. The number of carbonyl (C=O) groups excluding carboxylic acids is 1. The highest BCUT2D eigenvalue weighted by molar-refractivity contribution is 6.30. The van der Waals surface area contributed by atoms with Crippen LogP contribution in [0.5, 0.6) is 0 Å². The van der Waals surface area contributed by atoms with Crippen LogP contribution in [0.1, 0.15) is 20.8 Å². The minimum absolute atomic E-state index is 0.0779. The molecule has 0 bridgehead atoms. The maximum Gasteiger partial charge on any atom is 0.240 e. The Labute approximate surface area is 95.5 Å². The zero-order valence-electron chi connectivity index (χ0n) is 9.40. The van der Waals surface area contributed by atoms with E-state index in [1.54, 1.807) is 11.8 Å². The summed E-state index contributed by atoms with van der Waals surface area (Å²) in [6, 6.07) is 0. The zero-order chi connectivity index (χ0) is 11.4. The lowest BCUT2D eigenvalue weighted by molar-refractivity contribution is -0.137. The van der Waals surface area contributed by atoms with Gasteiger partial charge in [0.1, 0.15) is 5.38 Å². The summed E-state index contributed by atoms with van der Waals surface area (Å²) < 4.78 is 10.8. The first kappa shape index (κ1) is 12.7. The lowest BCUT2D eigenvalue weighted by atomic mass is 10.3. The molecule has 1 aliphatic rings. The number of ether oxygens (including phenoxy) is 2. The lowest BCUT2D eigenvalue weighted by Crippen LogP contribution is -2.41. The van der Waals surface area contributed by atoms with E-state index in [0.717, 1.165) is 0 Å². The quantitative estimate of drug-likeness (QED) is 0.688. The predicted octanol–water partition coefficient (Wildman–Crippen LogP) is 1.22. The van der Waals surface area contributed by atoms with Crippen LogP contribution in [0, 0.1) is 0 Å². The normalized spacial score (nSPS) is 27.7. The fraction of sp³-hybridized carbons (Fsp3) is 0.900. The van der Waals surface area contributed by atoms with Crippen molar-refractivity contribution in [1.29, 1.82) is 0 Å². The zero-order valence-corrected chi connectivity index (χ0v) is 10.2. The molecule has 3 atom stereocenters. The SMILES string of the molecule is CCN(CC1OCC(C)O1)C(=O)C(C)Cl.